The van der Waals surface area contributed by atoms with Gasteiger partial charge in [0.15, 0.2) is 0 Å². The van der Waals surface area contributed by atoms with Gasteiger partial charge in [0.25, 0.3) is 0 Å². The van der Waals surface area contributed by atoms with Crippen molar-refractivity contribution in [2.24, 2.45) is 5.92 Å². The highest BCUT2D eigenvalue weighted by molar-refractivity contribution is 7.88. The van der Waals surface area contributed by atoms with Crippen molar-refractivity contribution in [1.29, 1.82) is 0 Å². The standard InChI is InChI=1S/C13H25NO3S2/c1-19(15,16)14-8-13(18)7-12(14)10-17-9-11-5-3-2-4-6-11/h11-13,18H,2-10H2,1H3/t12-,13+/m0/s1. The van der Waals surface area contributed by atoms with Gasteiger partial charge < -0.3 is 4.74 Å². The van der Waals surface area contributed by atoms with Crippen molar-refractivity contribution in [1.82, 2.24) is 4.31 Å². The lowest BCUT2D eigenvalue weighted by Gasteiger charge is -2.25. The minimum atomic E-state index is -3.14. The number of rotatable bonds is 5. The summed E-state index contributed by atoms with van der Waals surface area (Å²) >= 11 is 4.40. The van der Waals surface area contributed by atoms with Gasteiger partial charge in [-0.05, 0) is 25.2 Å². The second-order valence-corrected chi connectivity index (χ2v) is 8.58. The van der Waals surface area contributed by atoms with Crippen molar-refractivity contribution in [2.45, 2.75) is 49.8 Å². The number of hydrogen-bond donors (Lipinski definition) is 1. The molecule has 112 valence electrons. The fourth-order valence-electron chi connectivity index (χ4n) is 3.14. The molecular formula is C13H25NO3S2. The van der Waals surface area contributed by atoms with E-state index in [9.17, 15) is 8.42 Å². The van der Waals surface area contributed by atoms with Crippen LogP contribution in [0.2, 0.25) is 0 Å². The molecule has 1 aliphatic heterocycles. The Bertz CT molecular complexity index is 379. The van der Waals surface area contributed by atoms with E-state index in [0.717, 1.165) is 13.0 Å². The predicted octanol–water partition coefficient (Wildman–Crippen LogP) is 1.92. The van der Waals surface area contributed by atoms with Crippen LogP contribution in [0.1, 0.15) is 38.5 Å². The summed E-state index contributed by atoms with van der Waals surface area (Å²) < 4.78 is 30.7. The molecular weight excluding hydrogens is 282 g/mol. The van der Waals surface area contributed by atoms with Gasteiger partial charge in [-0.25, -0.2) is 8.42 Å². The van der Waals surface area contributed by atoms with E-state index in [1.165, 1.54) is 38.4 Å². The molecule has 1 saturated heterocycles. The summed E-state index contributed by atoms with van der Waals surface area (Å²) in [6, 6.07) is -0.0268. The summed E-state index contributed by atoms with van der Waals surface area (Å²) in [6.07, 6.45) is 8.55. The highest BCUT2D eigenvalue weighted by atomic mass is 32.2. The molecule has 2 fully saturated rings. The Hall–Kier alpha value is 0.220. The van der Waals surface area contributed by atoms with E-state index in [4.69, 9.17) is 4.74 Å². The zero-order valence-corrected chi connectivity index (χ0v) is 13.3. The molecule has 0 N–H and O–H groups in total. The molecule has 1 heterocycles. The largest absolute Gasteiger partial charge is 0.379 e. The fraction of sp³-hybridized carbons (Fsp3) is 1.00. The Morgan fingerprint density at radius 2 is 1.89 bits per heavy atom. The monoisotopic (exact) mass is 307 g/mol. The van der Waals surface area contributed by atoms with Crippen molar-refractivity contribution in [3.8, 4) is 0 Å². The second-order valence-electron chi connectivity index (χ2n) is 5.92. The summed E-state index contributed by atoms with van der Waals surface area (Å²) in [5.41, 5.74) is 0. The Balaban J connectivity index is 1.77. The number of ether oxygens (including phenoxy) is 1. The smallest absolute Gasteiger partial charge is 0.211 e. The molecule has 1 saturated carbocycles. The fourth-order valence-corrected chi connectivity index (χ4v) is 4.81. The number of thiol groups is 1. The number of nitrogens with zero attached hydrogens (tertiary/aromatic N) is 1. The van der Waals surface area contributed by atoms with Crippen LogP contribution in [0.5, 0.6) is 0 Å². The van der Waals surface area contributed by atoms with E-state index in [0.29, 0.717) is 19.1 Å². The average Bonchev–Trinajstić information content (AvgIpc) is 2.72. The maximum Gasteiger partial charge on any atom is 0.211 e. The molecule has 2 rings (SSSR count). The van der Waals surface area contributed by atoms with Crippen LogP contribution in [0.4, 0.5) is 0 Å². The first-order valence-electron chi connectivity index (χ1n) is 7.19. The minimum Gasteiger partial charge on any atom is -0.379 e. The molecule has 0 radical (unpaired) electrons. The molecule has 1 aliphatic carbocycles. The van der Waals surface area contributed by atoms with Crippen molar-refractivity contribution in [3.63, 3.8) is 0 Å². The third-order valence-corrected chi connectivity index (χ3v) is 5.83. The Labute approximate surface area is 122 Å². The lowest BCUT2D eigenvalue weighted by Crippen LogP contribution is -2.38. The molecule has 0 spiro atoms. The Morgan fingerprint density at radius 1 is 1.21 bits per heavy atom. The van der Waals surface area contributed by atoms with E-state index in [1.807, 2.05) is 0 Å². The minimum absolute atomic E-state index is 0.0268. The molecule has 2 aliphatic rings. The van der Waals surface area contributed by atoms with Crippen LogP contribution in [0.3, 0.4) is 0 Å². The summed E-state index contributed by atoms with van der Waals surface area (Å²) in [5, 5.41) is 0.137. The van der Waals surface area contributed by atoms with Crippen molar-refractivity contribution >= 4 is 22.7 Å². The van der Waals surface area contributed by atoms with E-state index in [-0.39, 0.29) is 11.3 Å². The van der Waals surface area contributed by atoms with Crippen molar-refractivity contribution in [3.05, 3.63) is 0 Å². The van der Waals surface area contributed by atoms with Crippen LogP contribution in [-0.4, -0.2) is 50.0 Å². The Kier molecular flexibility index (Phi) is 5.57. The van der Waals surface area contributed by atoms with Crippen molar-refractivity contribution < 1.29 is 13.2 Å². The van der Waals surface area contributed by atoms with Crippen LogP contribution in [0, 0.1) is 5.92 Å². The summed E-state index contributed by atoms with van der Waals surface area (Å²) in [5.74, 6) is 0.675. The Morgan fingerprint density at radius 3 is 2.53 bits per heavy atom. The normalized spacial score (nSPS) is 30.8. The number of hydrogen-bond acceptors (Lipinski definition) is 4. The van der Waals surface area contributed by atoms with Crippen LogP contribution < -0.4 is 0 Å². The molecule has 4 nitrogen and oxygen atoms in total. The molecule has 0 bridgehead atoms. The average molecular weight is 307 g/mol. The van der Waals surface area contributed by atoms with E-state index < -0.39 is 10.0 Å². The summed E-state index contributed by atoms with van der Waals surface area (Å²) in [6.45, 7) is 1.81. The quantitative estimate of drug-likeness (QED) is 0.789. The van der Waals surface area contributed by atoms with Crippen LogP contribution in [0.15, 0.2) is 0 Å². The molecule has 6 heteroatoms. The van der Waals surface area contributed by atoms with E-state index in [2.05, 4.69) is 12.6 Å². The predicted molar refractivity (Wildman–Crippen MR) is 80.1 cm³/mol. The van der Waals surface area contributed by atoms with Gasteiger partial charge in [-0.15, -0.1) is 0 Å². The van der Waals surface area contributed by atoms with Crippen LogP contribution in [0.25, 0.3) is 0 Å². The molecule has 0 aromatic heterocycles. The molecule has 0 aromatic rings. The van der Waals surface area contributed by atoms with E-state index in [1.54, 1.807) is 4.31 Å². The molecule has 19 heavy (non-hydrogen) atoms. The molecule has 0 amide bonds. The van der Waals surface area contributed by atoms with Gasteiger partial charge in [-0.3, -0.25) is 0 Å². The maximum absolute atomic E-state index is 11.7. The molecule has 2 atom stereocenters. The van der Waals surface area contributed by atoms with Crippen molar-refractivity contribution in [2.75, 3.05) is 26.0 Å². The molecule has 0 unspecified atom stereocenters. The second kappa shape index (κ2) is 6.78. The van der Waals surface area contributed by atoms with Gasteiger partial charge in [0.05, 0.1) is 12.9 Å². The zero-order valence-electron chi connectivity index (χ0n) is 11.6. The number of sulfonamides is 1. The third-order valence-electron chi connectivity index (χ3n) is 4.16. The summed E-state index contributed by atoms with van der Waals surface area (Å²) in [4.78, 5) is 0. The first-order chi connectivity index (χ1) is 8.97. The SMILES string of the molecule is CS(=O)(=O)N1C[C@H](S)C[C@H]1COCC1CCCCC1. The van der Waals surface area contributed by atoms with E-state index >= 15 is 0 Å². The first kappa shape index (κ1) is 15.6. The third kappa shape index (κ3) is 4.62. The maximum atomic E-state index is 11.7. The van der Waals surface area contributed by atoms with Gasteiger partial charge in [-0.1, -0.05) is 19.3 Å². The van der Waals surface area contributed by atoms with Gasteiger partial charge in [0.2, 0.25) is 10.0 Å². The topological polar surface area (TPSA) is 46.6 Å². The lowest BCUT2D eigenvalue weighted by atomic mass is 9.90. The van der Waals surface area contributed by atoms with Gasteiger partial charge in [0.1, 0.15) is 0 Å². The highest BCUT2D eigenvalue weighted by Crippen LogP contribution is 2.26. The first-order valence-corrected chi connectivity index (χ1v) is 9.56. The highest BCUT2D eigenvalue weighted by Gasteiger charge is 2.36. The van der Waals surface area contributed by atoms with Gasteiger partial charge in [-0.2, -0.15) is 16.9 Å². The van der Waals surface area contributed by atoms with Gasteiger partial charge in [0, 0.05) is 24.4 Å². The van der Waals surface area contributed by atoms with Crippen LogP contribution >= 0.6 is 12.6 Å². The van der Waals surface area contributed by atoms with Gasteiger partial charge >= 0.3 is 0 Å². The zero-order chi connectivity index (χ0) is 13.9. The lowest BCUT2D eigenvalue weighted by molar-refractivity contribution is 0.0614. The molecule has 0 aromatic carbocycles. The summed E-state index contributed by atoms with van der Waals surface area (Å²) in [7, 11) is -3.14. The van der Waals surface area contributed by atoms with Crippen LogP contribution in [-0.2, 0) is 14.8 Å².